The number of benzene rings is 1. The highest BCUT2D eigenvalue weighted by Crippen LogP contribution is 2.18. The van der Waals surface area contributed by atoms with E-state index in [0.29, 0.717) is 5.69 Å². The molecule has 0 radical (unpaired) electrons. The van der Waals surface area contributed by atoms with Crippen LogP contribution in [-0.4, -0.2) is 17.0 Å². The smallest absolute Gasteiger partial charge is 0.345 e. The molecule has 0 atom stereocenters. The van der Waals surface area contributed by atoms with Gasteiger partial charge in [-0.15, -0.1) is 0 Å². The van der Waals surface area contributed by atoms with Gasteiger partial charge in [0.2, 0.25) is 0 Å². The number of aromatic amines is 1. The molecular weight excluding hydrogens is 202 g/mol. The molecule has 1 aromatic carbocycles. The van der Waals surface area contributed by atoms with Gasteiger partial charge >= 0.3 is 5.69 Å². The Kier molecular flexibility index (Phi) is 2.72. The van der Waals surface area contributed by atoms with Crippen LogP contribution in [0.5, 0.6) is 0 Å². The molecule has 0 aliphatic carbocycles. The Labute approximate surface area is 93.4 Å². The molecule has 4 nitrogen and oxygen atoms in total. The Morgan fingerprint density at radius 3 is 2.50 bits per heavy atom. The predicted octanol–water partition coefficient (Wildman–Crippen LogP) is 1.79. The van der Waals surface area contributed by atoms with E-state index >= 15 is 0 Å². The van der Waals surface area contributed by atoms with Crippen molar-refractivity contribution >= 4 is 5.69 Å². The zero-order valence-corrected chi connectivity index (χ0v) is 9.24. The van der Waals surface area contributed by atoms with Crippen LogP contribution in [0.4, 0.5) is 5.69 Å². The molecule has 0 spiro atoms. The van der Waals surface area contributed by atoms with Crippen LogP contribution in [-0.2, 0) is 0 Å². The Morgan fingerprint density at radius 1 is 1.25 bits per heavy atom. The minimum atomic E-state index is -0.312. The van der Waals surface area contributed by atoms with E-state index in [0.717, 1.165) is 16.9 Å². The number of hydrogen-bond acceptors (Lipinski definition) is 3. The number of H-pyrrole nitrogens is 1. The van der Waals surface area contributed by atoms with Gasteiger partial charge in [-0.05, 0) is 25.1 Å². The van der Waals surface area contributed by atoms with Crippen molar-refractivity contribution in [1.82, 2.24) is 9.97 Å². The second kappa shape index (κ2) is 4.18. The first-order valence-corrected chi connectivity index (χ1v) is 5.05. The molecule has 0 saturated heterocycles. The van der Waals surface area contributed by atoms with Crippen molar-refractivity contribution < 1.29 is 0 Å². The van der Waals surface area contributed by atoms with Crippen LogP contribution in [0.1, 0.15) is 5.69 Å². The summed E-state index contributed by atoms with van der Waals surface area (Å²) < 4.78 is 0. The molecule has 0 aliphatic rings. The second-order valence-electron chi connectivity index (χ2n) is 3.58. The van der Waals surface area contributed by atoms with Gasteiger partial charge in [0.25, 0.3) is 0 Å². The van der Waals surface area contributed by atoms with Gasteiger partial charge in [-0.3, -0.25) is 0 Å². The largest absolute Gasteiger partial charge is 0.388 e. The summed E-state index contributed by atoms with van der Waals surface area (Å²) in [6.07, 6.45) is 0. The summed E-state index contributed by atoms with van der Waals surface area (Å²) in [5, 5.41) is 3.04. The highest BCUT2D eigenvalue weighted by molar-refractivity contribution is 5.62. The molecule has 0 unspecified atom stereocenters. The zero-order chi connectivity index (χ0) is 11.5. The third kappa shape index (κ3) is 2.11. The van der Waals surface area contributed by atoms with Crippen LogP contribution < -0.4 is 11.0 Å². The van der Waals surface area contributed by atoms with Crippen LogP contribution in [0.3, 0.4) is 0 Å². The summed E-state index contributed by atoms with van der Waals surface area (Å²) in [6, 6.07) is 9.64. The van der Waals surface area contributed by atoms with Crippen LogP contribution in [0.2, 0.25) is 0 Å². The molecule has 1 heterocycles. The molecule has 0 saturated carbocycles. The van der Waals surface area contributed by atoms with Gasteiger partial charge in [-0.1, -0.05) is 12.1 Å². The van der Waals surface area contributed by atoms with Gasteiger partial charge in [0.05, 0.1) is 5.69 Å². The van der Waals surface area contributed by atoms with E-state index in [1.54, 1.807) is 0 Å². The average molecular weight is 215 g/mol. The van der Waals surface area contributed by atoms with E-state index in [9.17, 15) is 4.79 Å². The van der Waals surface area contributed by atoms with Crippen molar-refractivity contribution in [3.05, 3.63) is 46.5 Å². The van der Waals surface area contributed by atoms with Crippen LogP contribution >= 0.6 is 0 Å². The van der Waals surface area contributed by atoms with Crippen molar-refractivity contribution in [1.29, 1.82) is 0 Å². The lowest BCUT2D eigenvalue weighted by molar-refractivity contribution is 1.03. The molecule has 1 aromatic heterocycles. The lowest BCUT2D eigenvalue weighted by Gasteiger charge is -2.03. The molecule has 0 aliphatic heterocycles. The summed E-state index contributed by atoms with van der Waals surface area (Å²) in [4.78, 5) is 17.8. The Morgan fingerprint density at radius 2 is 1.94 bits per heavy atom. The van der Waals surface area contributed by atoms with Gasteiger partial charge in [0, 0.05) is 24.0 Å². The third-order valence-electron chi connectivity index (χ3n) is 2.35. The number of aromatic nitrogens is 2. The molecule has 16 heavy (non-hydrogen) atoms. The molecule has 0 amide bonds. The van der Waals surface area contributed by atoms with E-state index in [2.05, 4.69) is 15.3 Å². The van der Waals surface area contributed by atoms with Crippen molar-refractivity contribution in [2.45, 2.75) is 6.92 Å². The molecule has 2 aromatic rings. The summed E-state index contributed by atoms with van der Waals surface area (Å²) in [6.45, 7) is 1.84. The van der Waals surface area contributed by atoms with Crippen molar-refractivity contribution in [2.75, 3.05) is 12.4 Å². The van der Waals surface area contributed by atoms with E-state index in [4.69, 9.17) is 0 Å². The number of hydrogen-bond donors (Lipinski definition) is 2. The van der Waals surface area contributed by atoms with Crippen LogP contribution in [0.25, 0.3) is 11.3 Å². The van der Waals surface area contributed by atoms with E-state index in [1.165, 1.54) is 0 Å². The molecular formula is C12H13N3O. The maximum atomic E-state index is 11.2. The first-order valence-electron chi connectivity index (χ1n) is 5.05. The lowest BCUT2D eigenvalue weighted by Crippen LogP contribution is -2.11. The van der Waals surface area contributed by atoms with Gasteiger partial charge < -0.3 is 10.3 Å². The van der Waals surface area contributed by atoms with Crippen molar-refractivity contribution in [3.8, 4) is 11.3 Å². The topological polar surface area (TPSA) is 57.8 Å². The summed E-state index contributed by atoms with van der Waals surface area (Å²) >= 11 is 0. The van der Waals surface area contributed by atoms with E-state index in [1.807, 2.05) is 44.3 Å². The fraction of sp³-hybridized carbons (Fsp3) is 0.167. The van der Waals surface area contributed by atoms with Gasteiger partial charge in [0.15, 0.2) is 0 Å². The monoisotopic (exact) mass is 215 g/mol. The lowest BCUT2D eigenvalue weighted by atomic mass is 10.1. The molecule has 0 bridgehead atoms. The summed E-state index contributed by atoms with van der Waals surface area (Å²) in [5.74, 6) is 0. The molecule has 0 fully saturated rings. The average Bonchev–Trinajstić information content (AvgIpc) is 2.28. The van der Waals surface area contributed by atoms with Crippen LogP contribution in [0.15, 0.2) is 35.1 Å². The first-order chi connectivity index (χ1) is 7.69. The zero-order valence-electron chi connectivity index (χ0n) is 9.24. The fourth-order valence-corrected chi connectivity index (χ4v) is 1.53. The maximum Gasteiger partial charge on any atom is 0.345 e. The van der Waals surface area contributed by atoms with Crippen molar-refractivity contribution in [3.63, 3.8) is 0 Å². The van der Waals surface area contributed by atoms with Crippen LogP contribution in [0, 0.1) is 6.92 Å². The normalized spacial score (nSPS) is 10.1. The second-order valence-corrected chi connectivity index (χ2v) is 3.58. The van der Waals surface area contributed by atoms with E-state index in [-0.39, 0.29) is 5.69 Å². The number of rotatable bonds is 2. The first kappa shape index (κ1) is 10.4. The Bertz CT molecular complexity index is 543. The van der Waals surface area contributed by atoms with Gasteiger partial charge in [-0.2, -0.15) is 4.98 Å². The standard InChI is InChI=1S/C12H13N3O/c1-8-7-11(15-12(16)14-8)9-3-5-10(13-2)6-4-9/h3-7,13H,1-2H3,(H,14,15,16). The Hall–Kier alpha value is -2.10. The number of nitrogens with zero attached hydrogens (tertiary/aromatic N) is 1. The molecule has 4 heteroatoms. The predicted molar refractivity (Wildman–Crippen MR) is 64.6 cm³/mol. The fourth-order valence-electron chi connectivity index (χ4n) is 1.53. The Balaban J connectivity index is 2.46. The molecule has 82 valence electrons. The highest BCUT2D eigenvalue weighted by Gasteiger charge is 2.01. The number of aryl methyl sites for hydroxylation is 1. The highest BCUT2D eigenvalue weighted by atomic mass is 16.1. The summed E-state index contributed by atoms with van der Waals surface area (Å²) in [5.41, 5.74) is 3.17. The van der Waals surface area contributed by atoms with E-state index < -0.39 is 0 Å². The number of nitrogens with one attached hydrogen (secondary N) is 2. The van der Waals surface area contributed by atoms with Gasteiger partial charge in [-0.25, -0.2) is 4.79 Å². The summed E-state index contributed by atoms with van der Waals surface area (Å²) in [7, 11) is 1.87. The maximum absolute atomic E-state index is 11.2. The quantitative estimate of drug-likeness (QED) is 0.803. The molecule has 2 rings (SSSR count). The minimum Gasteiger partial charge on any atom is -0.388 e. The van der Waals surface area contributed by atoms with Crippen molar-refractivity contribution in [2.24, 2.45) is 0 Å². The number of anilines is 1. The SMILES string of the molecule is CNc1ccc(-c2cc(C)[nH]c(=O)n2)cc1. The molecule has 2 N–H and O–H groups in total. The minimum absolute atomic E-state index is 0.312. The van der Waals surface area contributed by atoms with Gasteiger partial charge in [0.1, 0.15) is 0 Å². The third-order valence-corrected chi connectivity index (χ3v) is 2.35.